The molecule has 0 aliphatic carbocycles. The SMILES string of the molecule is Cc1cc2c3c(c1)N(c1ccccc1C(C)(C)C)c1ccc([Si](c4ccccc4)(c4ccccc4)c4ccccc4)cc1B3c1ccc(-c3ccccc3)cc1N2c1ccccc1. The molecule has 0 saturated heterocycles. The van der Waals surface area contributed by atoms with Crippen molar-refractivity contribution in [2.45, 2.75) is 33.1 Å². The van der Waals surface area contributed by atoms with Gasteiger partial charge in [-0.25, -0.2) is 0 Å². The molecule has 2 nitrogen and oxygen atoms in total. The lowest BCUT2D eigenvalue weighted by atomic mass is 9.33. The zero-order chi connectivity index (χ0) is 42.7. The standard InChI is InChI=1S/C59H49BN2Si/c1-42-38-56-58-57(39-42)62(53-33-21-20-32-50(53)59(2,3)4)54-37-35-49(63(46-26-14-7-15-27-46,47-28-16-8-17-29-47)48-30-18-9-19-31-48)41-52(54)60(58)51-36-34-44(43-22-10-5-11-23-43)40-55(51)61(56)45-24-12-6-13-25-45/h5-41H,1-4H3. The van der Waals surface area contributed by atoms with Crippen molar-refractivity contribution in [2.24, 2.45) is 0 Å². The van der Waals surface area contributed by atoms with E-state index in [-0.39, 0.29) is 12.1 Å². The lowest BCUT2D eigenvalue weighted by Gasteiger charge is -2.46. The van der Waals surface area contributed by atoms with E-state index in [1.165, 1.54) is 87.8 Å². The highest BCUT2D eigenvalue weighted by Crippen LogP contribution is 2.47. The van der Waals surface area contributed by atoms with Crippen LogP contribution in [0.5, 0.6) is 0 Å². The molecule has 0 N–H and O–H groups in total. The summed E-state index contributed by atoms with van der Waals surface area (Å²) in [4.78, 5) is 5.13. The van der Waals surface area contributed by atoms with Gasteiger partial charge in [0, 0.05) is 34.1 Å². The van der Waals surface area contributed by atoms with Crippen LogP contribution in [0.1, 0.15) is 31.9 Å². The summed E-state index contributed by atoms with van der Waals surface area (Å²) in [5.41, 5.74) is 16.1. The molecule has 2 aliphatic rings. The molecule has 9 aromatic rings. The molecule has 2 heterocycles. The number of hydrogen-bond donors (Lipinski definition) is 0. The van der Waals surface area contributed by atoms with Crippen LogP contribution in [0, 0.1) is 6.92 Å². The summed E-state index contributed by atoms with van der Waals surface area (Å²) in [6.07, 6.45) is 0. The molecule has 0 bridgehead atoms. The third kappa shape index (κ3) is 6.31. The van der Waals surface area contributed by atoms with Crippen LogP contribution in [0.4, 0.5) is 34.1 Å². The van der Waals surface area contributed by atoms with Gasteiger partial charge in [0.05, 0.1) is 0 Å². The number of aryl methyl sites for hydroxylation is 1. The molecule has 0 unspecified atom stereocenters. The van der Waals surface area contributed by atoms with Crippen LogP contribution in [-0.2, 0) is 5.41 Å². The molecule has 11 rings (SSSR count). The van der Waals surface area contributed by atoms with Gasteiger partial charge in [-0.3, -0.25) is 0 Å². The molecular formula is C59H49BN2Si. The Balaban J connectivity index is 1.27. The molecule has 0 radical (unpaired) electrons. The van der Waals surface area contributed by atoms with Crippen molar-refractivity contribution in [3.8, 4) is 11.1 Å². The Bertz CT molecular complexity index is 3010. The van der Waals surface area contributed by atoms with E-state index in [0.717, 1.165) is 5.69 Å². The second-order valence-electron chi connectivity index (χ2n) is 18.2. The molecule has 0 saturated carbocycles. The second kappa shape index (κ2) is 15.3. The molecular weight excluding hydrogens is 776 g/mol. The average Bonchev–Trinajstić information content (AvgIpc) is 3.33. The first-order chi connectivity index (χ1) is 30.8. The molecule has 4 heteroatoms. The smallest absolute Gasteiger partial charge is 0.252 e. The Morgan fingerprint density at radius 1 is 0.381 bits per heavy atom. The summed E-state index contributed by atoms with van der Waals surface area (Å²) in [5.74, 6) is 0. The maximum Gasteiger partial charge on any atom is 0.252 e. The number of rotatable bonds is 7. The molecule has 63 heavy (non-hydrogen) atoms. The van der Waals surface area contributed by atoms with E-state index < -0.39 is 8.07 Å². The van der Waals surface area contributed by atoms with Crippen LogP contribution in [0.3, 0.4) is 0 Å². The molecule has 302 valence electrons. The van der Waals surface area contributed by atoms with Gasteiger partial charge in [-0.05, 0) is 114 Å². The molecule has 0 aromatic heterocycles. The normalized spacial score (nSPS) is 13.0. The minimum absolute atomic E-state index is 0.0302. The van der Waals surface area contributed by atoms with E-state index in [4.69, 9.17) is 0 Å². The summed E-state index contributed by atoms with van der Waals surface area (Å²) >= 11 is 0. The van der Waals surface area contributed by atoms with E-state index in [9.17, 15) is 0 Å². The fourth-order valence-corrected chi connectivity index (χ4v) is 15.4. The van der Waals surface area contributed by atoms with Gasteiger partial charge in [-0.2, -0.15) is 0 Å². The zero-order valence-corrected chi connectivity index (χ0v) is 37.3. The molecule has 0 amide bonds. The number of fused-ring (bicyclic) bond motifs is 4. The minimum atomic E-state index is -2.88. The number of para-hydroxylation sites is 2. The van der Waals surface area contributed by atoms with Crippen molar-refractivity contribution in [3.63, 3.8) is 0 Å². The maximum absolute atomic E-state index is 2.88. The van der Waals surface area contributed by atoms with E-state index in [2.05, 4.69) is 262 Å². The molecule has 0 fully saturated rings. The van der Waals surface area contributed by atoms with Crippen molar-refractivity contribution in [3.05, 3.63) is 236 Å². The van der Waals surface area contributed by atoms with Gasteiger partial charge >= 0.3 is 0 Å². The van der Waals surface area contributed by atoms with Crippen molar-refractivity contribution in [1.82, 2.24) is 0 Å². The highest BCUT2D eigenvalue weighted by Gasteiger charge is 2.47. The first-order valence-corrected chi connectivity index (χ1v) is 24.2. The lowest BCUT2D eigenvalue weighted by molar-refractivity contribution is 0.591. The van der Waals surface area contributed by atoms with Gasteiger partial charge in [-0.1, -0.05) is 203 Å². The van der Waals surface area contributed by atoms with Crippen LogP contribution in [0.15, 0.2) is 224 Å². The largest absolute Gasteiger partial charge is 0.311 e. The van der Waals surface area contributed by atoms with Gasteiger partial charge in [0.15, 0.2) is 8.07 Å². The van der Waals surface area contributed by atoms with E-state index in [1.54, 1.807) is 0 Å². The predicted octanol–water partition coefficient (Wildman–Crippen LogP) is 10.4. The van der Waals surface area contributed by atoms with E-state index in [1.807, 2.05) is 0 Å². The first kappa shape index (κ1) is 38.8. The maximum atomic E-state index is 2.63. The van der Waals surface area contributed by atoms with Gasteiger partial charge in [0.2, 0.25) is 0 Å². The fraction of sp³-hybridized carbons (Fsp3) is 0.0847. The summed E-state index contributed by atoms with van der Waals surface area (Å²) in [5, 5.41) is 5.49. The Morgan fingerprint density at radius 2 is 0.905 bits per heavy atom. The van der Waals surface area contributed by atoms with E-state index in [0.29, 0.717) is 0 Å². The number of benzene rings is 9. The van der Waals surface area contributed by atoms with Crippen molar-refractivity contribution in [2.75, 3.05) is 9.80 Å². The van der Waals surface area contributed by atoms with Crippen molar-refractivity contribution in [1.29, 1.82) is 0 Å². The van der Waals surface area contributed by atoms with Crippen LogP contribution in [0.25, 0.3) is 11.1 Å². The summed E-state index contributed by atoms with van der Waals surface area (Å²) < 4.78 is 0. The Kier molecular flexibility index (Phi) is 9.44. The Morgan fingerprint density at radius 3 is 1.49 bits per heavy atom. The van der Waals surface area contributed by atoms with Crippen molar-refractivity contribution >= 4 is 86.0 Å². The average molecular weight is 825 g/mol. The minimum Gasteiger partial charge on any atom is -0.311 e. The molecule has 0 spiro atoms. The summed E-state index contributed by atoms with van der Waals surface area (Å²) in [6, 6.07) is 84.5. The van der Waals surface area contributed by atoms with E-state index >= 15 is 0 Å². The van der Waals surface area contributed by atoms with Gasteiger partial charge < -0.3 is 9.80 Å². The van der Waals surface area contributed by atoms with Crippen LogP contribution in [0.2, 0.25) is 0 Å². The first-order valence-electron chi connectivity index (χ1n) is 22.2. The monoisotopic (exact) mass is 824 g/mol. The Labute approximate surface area is 373 Å². The van der Waals surface area contributed by atoms with Gasteiger partial charge in [0.25, 0.3) is 6.71 Å². The highest BCUT2D eigenvalue weighted by atomic mass is 28.3. The number of hydrogen-bond acceptors (Lipinski definition) is 2. The summed E-state index contributed by atoms with van der Waals surface area (Å²) in [7, 11) is -2.88. The third-order valence-electron chi connectivity index (χ3n) is 13.3. The van der Waals surface area contributed by atoms with Gasteiger partial charge in [-0.15, -0.1) is 0 Å². The highest BCUT2D eigenvalue weighted by molar-refractivity contribution is 7.20. The molecule has 0 atom stereocenters. The second-order valence-corrected chi connectivity index (χ2v) is 22.0. The molecule has 2 aliphatic heterocycles. The number of anilines is 6. The lowest BCUT2D eigenvalue weighted by Crippen LogP contribution is -2.75. The van der Waals surface area contributed by atoms with Crippen molar-refractivity contribution < 1.29 is 0 Å². The number of nitrogens with zero attached hydrogens (tertiary/aromatic N) is 2. The third-order valence-corrected chi connectivity index (χ3v) is 18.1. The van der Waals surface area contributed by atoms with Crippen LogP contribution in [-0.4, -0.2) is 14.8 Å². The zero-order valence-electron chi connectivity index (χ0n) is 36.3. The predicted molar refractivity (Wildman–Crippen MR) is 273 cm³/mol. The van der Waals surface area contributed by atoms with Crippen LogP contribution < -0.4 is 46.9 Å². The summed E-state index contributed by atoms with van der Waals surface area (Å²) in [6.45, 7) is 9.25. The fourth-order valence-electron chi connectivity index (χ4n) is 10.7. The van der Waals surface area contributed by atoms with Crippen LogP contribution >= 0.6 is 0 Å². The quantitative estimate of drug-likeness (QED) is 0.117. The van der Waals surface area contributed by atoms with Gasteiger partial charge in [0.1, 0.15) is 0 Å². The Hall–Kier alpha value is -7.14. The molecule has 9 aromatic carbocycles. The topological polar surface area (TPSA) is 6.48 Å².